The van der Waals surface area contributed by atoms with Crippen LogP contribution in [-0.4, -0.2) is 13.1 Å². The number of esters is 1. The third kappa shape index (κ3) is 3.52. The number of ether oxygens (including phenoxy) is 2. The highest BCUT2D eigenvalue weighted by atomic mass is 16.5. The second kappa shape index (κ2) is 8.44. The van der Waals surface area contributed by atoms with Crippen molar-refractivity contribution < 1.29 is 14.3 Å². The fraction of sp³-hybridized carbons (Fsp3) is 0.100. The van der Waals surface area contributed by atoms with E-state index in [0.717, 1.165) is 22.4 Å². The lowest BCUT2D eigenvalue weighted by Crippen LogP contribution is -2.26. The molecule has 0 spiro atoms. The standard InChI is InChI=1S/C30H24O3/c1-21(29(31)33-24-10-4-3-5-11-24)20-30(22-16-18-23(32-2)19-17-22)27-14-8-6-12-25(27)26-13-7-9-15-28(26)30/h3-20H,1-2H3. The quantitative estimate of drug-likeness (QED) is 0.203. The smallest absolute Gasteiger partial charge is 0.338 e. The molecular weight excluding hydrogens is 408 g/mol. The van der Waals surface area contributed by atoms with Gasteiger partial charge in [0, 0.05) is 5.57 Å². The molecule has 1 aliphatic carbocycles. The van der Waals surface area contributed by atoms with Gasteiger partial charge in [-0.1, -0.05) is 84.9 Å². The van der Waals surface area contributed by atoms with E-state index in [9.17, 15) is 4.79 Å². The van der Waals surface area contributed by atoms with Crippen LogP contribution in [0.1, 0.15) is 23.6 Å². The maximum absolute atomic E-state index is 13.1. The molecule has 0 aliphatic heterocycles. The number of methoxy groups -OCH3 is 1. The molecule has 33 heavy (non-hydrogen) atoms. The van der Waals surface area contributed by atoms with Gasteiger partial charge >= 0.3 is 5.97 Å². The van der Waals surface area contributed by atoms with Crippen LogP contribution in [0.5, 0.6) is 11.5 Å². The van der Waals surface area contributed by atoms with Gasteiger partial charge < -0.3 is 9.47 Å². The minimum Gasteiger partial charge on any atom is -0.497 e. The first kappa shape index (κ1) is 20.8. The summed E-state index contributed by atoms with van der Waals surface area (Å²) in [5, 5.41) is 0. The van der Waals surface area contributed by atoms with Crippen molar-refractivity contribution in [3.05, 3.63) is 131 Å². The van der Waals surface area contributed by atoms with Crippen molar-refractivity contribution in [3.8, 4) is 22.6 Å². The molecule has 0 radical (unpaired) electrons. The predicted molar refractivity (Wildman–Crippen MR) is 131 cm³/mol. The summed E-state index contributed by atoms with van der Waals surface area (Å²) in [5.41, 5.74) is 5.60. The van der Waals surface area contributed by atoms with Gasteiger partial charge in [-0.05, 0) is 59.0 Å². The first-order valence-corrected chi connectivity index (χ1v) is 10.9. The van der Waals surface area contributed by atoms with Crippen molar-refractivity contribution in [3.63, 3.8) is 0 Å². The number of hydrogen-bond donors (Lipinski definition) is 0. The third-order valence-electron chi connectivity index (χ3n) is 6.25. The number of hydrogen-bond acceptors (Lipinski definition) is 3. The van der Waals surface area contributed by atoms with Crippen molar-refractivity contribution in [2.75, 3.05) is 7.11 Å². The van der Waals surface area contributed by atoms with Gasteiger partial charge in [-0.15, -0.1) is 0 Å². The maximum Gasteiger partial charge on any atom is 0.338 e. The molecule has 0 bridgehead atoms. The summed E-state index contributed by atoms with van der Waals surface area (Å²) < 4.78 is 11.1. The third-order valence-corrected chi connectivity index (χ3v) is 6.25. The fourth-order valence-electron chi connectivity index (χ4n) is 4.73. The average Bonchev–Trinajstić information content (AvgIpc) is 3.15. The van der Waals surface area contributed by atoms with Gasteiger partial charge in [-0.25, -0.2) is 4.79 Å². The lowest BCUT2D eigenvalue weighted by molar-refractivity contribution is -0.130. The van der Waals surface area contributed by atoms with Gasteiger partial charge in [0.25, 0.3) is 0 Å². The molecule has 4 aromatic carbocycles. The van der Waals surface area contributed by atoms with E-state index in [4.69, 9.17) is 9.47 Å². The highest BCUT2D eigenvalue weighted by molar-refractivity contribution is 5.92. The van der Waals surface area contributed by atoms with E-state index in [1.807, 2.05) is 43.3 Å². The zero-order valence-electron chi connectivity index (χ0n) is 18.6. The number of allylic oxidation sites excluding steroid dienone is 1. The highest BCUT2D eigenvalue weighted by Gasteiger charge is 2.43. The zero-order chi connectivity index (χ0) is 22.8. The largest absolute Gasteiger partial charge is 0.497 e. The Morgan fingerprint density at radius 1 is 0.697 bits per heavy atom. The van der Waals surface area contributed by atoms with Crippen LogP contribution in [0.2, 0.25) is 0 Å². The first-order chi connectivity index (χ1) is 16.1. The lowest BCUT2D eigenvalue weighted by atomic mass is 9.71. The number of benzene rings is 4. The molecule has 0 aromatic heterocycles. The summed E-state index contributed by atoms with van der Waals surface area (Å²) in [6, 6.07) is 34.0. The molecule has 0 amide bonds. The first-order valence-electron chi connectivity index (χ1n) is 10.9. The second-order valence-corrected chi connectivity index (χ2v) is 8.16. The minimum absolute atomic E-state index is 0.365. The Labute approximate surface area is 193 Å². The Bertz CT molecular complexity index is 1290. The van der Waals surface area contributed by atoms with E-state index in [2.05, 4.69) is 60.7 Å². The molecule has 5 rings (SSSR count). The maximum atomic E-state index is 13.1. The summed E-state index contributed by atoms with van der Waals surface area (Å²) in [6.07, 6.45) is 2.05. The highest BCUT2D eigenvalue weighted by Crippen LogP contribution is 2.53. The summed E-state index contributed by atoms with van der Waals surface area (Å²) in [6.45, 7) is 1.82. The molecule has 0 saturated carbocycles. The average molecular weight is 433 g/mol. The Kier molecular flexibility index (Phi) is 5.31. The monoisotopic (exact) mass is 432 g/mol. The molecule has 0 unspecified atom stereocenters. The van der Waals surface area contributed by atoms with Gasteiger partial charge in [0.1, 0.15) is 11.5 Å². The molecule has 4 aromatic rings. The van der Waals surface area contributed by atoms with Crippen molar-refractivity contribution >= 4 is 5.97 Å². The summed E-state index contributed by atoms with van der Waals surface area (Å²) in [4.78, 5) is 13.1. The minimum atomic E-state index is -0.626. The molecule has 0 heterocycles. The van der Waals surface area contributed by atoms with Crippen LogP contribution < -0.4 is 9.47 Å². The molecule has 0 atom stereocenters. The van der Waals surface area contributed by atoms with Crippen molar-refractivity contribution in [1.82, 2.24) is 0 Å². The van der Waals surface area contributed by atoms with E-state index in [-0.39, 0.29) is 5.97 Å². The number of carbonyl (C=O) groups is 1. The van der Waals surface area contributed by atoms with Crippen LogP contribution in [0.25, 0.3) is 11.1 Å². The summed E-state index contributed by atoms with van der Waals surface area (Å²) >= 11 is 0. The molecule has 1 aliphatic rings. The topological polar surface area (TPSA) is 35.5 Å². The molecule has 0 N–H and O–H groups in total. The molecule has 162 valence electrons. The van der Waals surface area contributed by atoms with E-state index in [1.54, 1.807) is 19.2 Å². The van der Waals surface area contributed by atoms with Gasteiger partial charge in [0.15, 0.2) is 0 Å². The lowest BCUT2D eigenvalue weighted by Gasteiger charge is -2.30. The Hall–Kier alpha value is -4.11. The number of rotatable bonds is 5. The van der Waals surface area contributed by atoms with Crippen LogP contribution in [0.15, 0.2) is 115 Å². The molecule has 3 heteroatoms. The zero-order valence-corrected chi connectivity index (χ0v) is 18.6. The van der Waals surface area contributed by atoms with E-state index in [1.165, 1.54) is 11.1 Å². The van der Waals surface area contributed by atoms with Crippen molar-refractivity contribution in [1.29, 1.82) is 0 Å². The van der Waals surface area contributed by atoms with Crippen LogP contribution in [-0.2, 0) is 10.2 Å². The summed E-state index contributed by atoms with van der Waals surface area (Å²) in [5.74, 6) is 0.953. The van der Waals surface area contributed by atoms with Gasteiger partial charge in [-0.2, -0.15) is 0 Å². The number of para-hydroxylation sites is 1. The summed E-state index contributed by atoms with van der Waals surface area (Å²) in [7, 11) is 1.66. The molecule has 0 saturated heterocycles. The van der Waals surface area contributed by atoms with Gasteiger partial charge in [0.2, 0.25) is 0 Å². The Morgan fingerprint density at radius 3 is 1.82 bits per heavy atom. The van der Waals surface area contributed by atoms with Crippen LogP contribution in [0.4, 0.5) is 0 Å². The van der Waals surface area contributed by atoms with E-state index in [0.29, 0.717) is 11.3 Å². The van der Waals surface area contributed by atoms with Gasteiger partial charge in [0.05, 0.1) is 12.5 Å². The molecular formula is C30H24O3. The van der Waals surface area contributed by atoms with Crippen molar-refractivity contribution in [2.24, 2.45) is 0 Å². The van der Waals surface area contributed by atoms with Gasteiger partial charge in [-0.3, -0.25) is 0 Å². The molecule has 0 fully saturated rings. The van der Waals surface area contributed by atoms with Crippen LogP contribution in [0.3, 0.4) is 0 Å². The van der Waals surface area contributed by atoms with Crippen LogP contribution >= 0.6 is 0 Å². The Balaban J connectivity index is 1.71. The molecule has 3 nitrogen and oxygen atoms in total. The predicted octanol–water partition coefficient (Wildman–Crippen LogP) is 6.56. The Morgan fingerprint density at radius 2 is 1.24 bits per heavy atom. The van der Waals surface area contributed by atoms with E-state index >= 15 is 0 Å². The SMILES string of the molecule is COc1ccc(C2(C=C(C)C(=O)Oc3ccccc3)c3ccccc3-c3ccccc32)cc1. The number of fused-ring (bicyclic) bond motifs is 3. The normalized spacial score (nSPS) is 13.7. The second-order valence-electron chi connectivity index (χ2n) is 8.16. The van der Waals surface area contributed by atoms with Crippen LogP contribution in [0, 0.1) is 0 Å². The number of carbonyl (C=O) groups excluding carboxylic acids is 1. The van der Waals surface area contributed by atoms with E-state index < -0.39 is 5.41 Å². The fourth-order valence-corrected chi connectivity index (χ4v) is 4.73. The van der Waals surface area contributed by atoms with Crippen molar-refractivity contribution in [2.45, 2.75) is 12.3 Å².